The number of aliphatic hydroxyl groups excluding tert-OH is 1. The maximum absolute atomic E-state index is 10.9. The van der Waals surface area contributed by atoms with Crippen LogP contribution in [0.2, 0.25) is 0 Å². The standard InChI is InChI=1S/C27H35N3O2/c1-26(2)21-12-11-19(18-22(21)27(3,4)25(26)31)8-7-13-29-14-16-30(17-15-29)24-20-9-5-6-10-23(20)28-32-24/h5-6,9-12,18,25,31H,7-8,13-17H2,1-4H3. The van der Waals surface area contributed by atoms with Crippen LogP contribution in [-0.2, 0) is 17.3 Å². The van der Waals surface area contributed by atoms with Crippen LogP contribution in [0, 0.1) is 0 Å². The smallest absolute Gasteiger partial charge is 0.235 e. The summed E-state index contributed by atoms with van der Waals surface area (Å²) < 4.78 is 5.64. The largest absolute Gasteiger partial charge is 0.391 e. The molecular formula is C27H35N3O2. The highest BCUT2D eigenvalue weighted by Crippen LogP contribution is 2.49. The van der Waals surface area contributed by atoms with Gasteiger partial charge in [0.2, 0.25) is 5.88 Å². The second-order valence-corrected chi connectivity index (χ2v) is 10.7. The summed E-state index contributed by atoms with van der Waals surface area (Å²) in [7, 11) is 0. The van der Waals surface area contributed by atoms with E-state index in [2.05, 4.69) is 66.9 Å². The number of aryl methyl sites for hydroxylation is 1. The summed E-state index contributed by atoms with van der Waals surface area (Å²) >= 11 is 0. The Kier molecular flexibility index (Phi) is 5.30. The number of aromatic nitrogens is 1. The highest BCUT2D eigenvalue weighted by molar-refractivity contribution is 5.88. The predicted molar refractivity (Wildman–Crippen MR) is 129 cm³/mol. The summed E-state index contributed by atoms with van der Waals surface area (Å²) in [6, 6.07) is 15.0. The van der Waals surface area contributed by atoms with Gasteiger partial charge in [-0.25, -0.2) is 0 Å². The van der Waals surface area contributed by atoms with E-state index in [1.807, 2.05) is 18.2 Å². The van der Waals surface area contributed by atoms with Gasteiger partial charge in [0.15, 0.2) is 0 Å². The van der Waals surface area contributed by atoms with E-state index in [1.165, 1.54) is 16.7 Å². The minimum atomic E-state index is -0.349. The van der Waals surface area contributed by atoms with E-state index in [0.717, 1.165) is 62.4 Å². The van der Waals surface area contributed by atoms with E-state index in [0.29, 0.717) is 0 Å². The molecule has 2 aliphatic rings. The van der Waals surface area contributed by atoms with Crippen LogP contribution in [0.1, 0.15) is 50.8 Å². The third-order valence-corrected chi connectivity index (χ3v) is 7.80. The fourth-order valence-electron chi connectivity index (χ4n) is 5.82. The Morgan fingerprint density at radius 1 is 0.969 bits per heavy atom. The topological polar surface area (TPSA) is 52.7 Å². The summed E-state index contributed by atoms with van der Waals surface area (Å²) in [4.78, 5) is 4.88. The van der Waals surface area contributed by atoms with Gasteiger partial charge in [-0.1, -0.05) is 63.2 Å². The number of hydrogen-bond acceptors (Lipinski definition) is 5. The molecule has 0 saturated carbocycles. The lowest BCUT2D eigenvalue weighted by molar-refractivity contribution is 0.0566. The monoisotopic (exact) mass is 433 g/mol. The van der Waals surface area contributed by atoms with Gasteiger partial charge in [-0.05, 0) is 48.2 Å². The highest BCUT2D eigenvalue weighted by Gasteiger charge is 2.50. The fourth-order valence-corrected chi connectivity index (χ4v) is 5.82. The quantitative estimate of drug-likeness (QED) is 0.642. The molecule has 0 radical (unpaired) electrons. The number of anilines is 1. The van der Waals surface area contributed by atoms with Crippen LogP contribution < -0.4 is 4.90 Å². The van der Waals surface area contributed by atoms with Crippen molar-refractivity contribution in [3.63, 3.8) is 0 Å². The van der Waals surface area contributed by atoms with E-state index in [1.54, 1.807) is 0 Å². The number of hydrogen-bond donors (Lipinski definition) is 1. The molecule has 1 fully saturated rings. The Morgan fingerprint density at radius 2 is 1.69 bits per heavy atom. The molecule has 5 rings (SSSR count). The SMILES string of the molecule is CC1(C)c2ccc(CCCN3CCN(c4onc5ccccc45)CC3)cc2C(C)(C)C1O. The van der Waals surface area contributed by atoms with Crippen molar-refractivity contribution in [1.82, 2.24) is 10.1 Å². The first-order valence-electron chi connectivity index (χ1n) is 11.9. The number of benzene rings is 2. The molecule has 1 unspecified atom stereocenters. The van der Waals surface area contributed by atoms with Gasteiger partial charge in [-0.2, -0.15) is 0 Å². The summed E-state index contributed by atoms with van der Waals surface area (Å²) in [6.07, 6.45) is 1.88. The summed E-state index contributed by atoms with van der Waals surface area (Å²) in [5.41, 5.74) is 4.55. The minimum Gasteiger partial charge on any atom is -0.391 e. The van der Waals surface area contributed by atoms with Crippen molar-refractivity contribution in [2.75, 3.05) is 37.6 Å². The lowest BCUT2D eigenvalue weighted by Gasteiger charge is -2.34. The third kappa shape index (κ3) is 3.52. The van der Waals surface area contributed by atoms with Crippen molar-refractivity contribution < 1.29 is 9.63 Å². The number of nitrogens with zero attached hydrogens (tertiary/aromatic N) is 3. The van der Waals surface area contributed by atoms with Crippen LogP contribution >= 0.6 is 0 Å². The fraction of sp³-hybridized carbons (Fsp3) is 0.519. The van der Waals surface area contributed by atoms with Gasteiger partial charge in [-0.15, -0.1) is 0 Å². The summed E-state index contributed by atoms with van der Waals surface area (Å²) in [5, 5.41) is 16.2. The number of piperazine rings is 1. The maximum atomic E-state index is 10.9. The van der Waals surface area contributed by atoms with Gasteiger partial charge in [0.1, 0.15) is 5.52 Å². The first-order chi connectivity index (χ1) is 15.3. The zero-order valence-corrected chi connectivity index (χ0v) is 19.8. The first-order valence-corrected chi connectivity index (χ1v) is 11.9. The van der Waals surface area contributed by atoms with Gasteiger partial charge < -0.3 is 14.5 Å². The maximum Gasteiger partial charge on any atom is 0.235 e. The molecule has 2 heterocycles. The van der Waals surface area contributed by atoms with Gasteiger partial charge in [0.25, 0.3) is 0 Å². The second kappa shape index (κ2) is 7.89. The number of aliphatic hydroxyl groups is 1. The first kappa shape index (κ1) is 21.5. The van der Waals surface area contributed by atoms with Crippen LogP contribution in [-0.4, -0.2) is 54.0 Å². The molecule has 3 aromatic rings. The van der Waals surface area contributed by atoms with E-state index in [9.17, 15) is 5.11 Å². The predicted octanol–water partition coefficient (Wildman–Crippen LogP) is 4.51. The summed E-state index contributed by atoms with van der Waals surface area (Å²) in [5.74, 6) is 0.908. The molecule has 1 aliphatic carbocycles. The zero-order valence-electron chi connectivity index (χ0n) is 19.8. The molecule has 1 aromatic heterocycles. The molecule has 1 saturated heterocycles. The molecule has 1 atom stereocenters. The highest BCUT2D eigenvalue weighted by atomic mass is 16.5. The second-order valence-electron chi connectivity index (χ2n) is 10.7. The van der Waals surface area contributed by atoms with Gasteiger partial charge in [-0.3, -0.25) is 4.90 Å². The van der Waals surface area contributed by atoms with Crippen molar-refractivity contribution in [2.45, 2.75) is 57.5 Å². The number of fused-ring (bicyclic) bond motifs is 2. The normalized spacial score (nSPS) is 22.4. The Balaban J connectivity index is 1.16. The molecular weight excluding hydrogens is 398 g/mol. The minimum absolute atomic E-state index is 0.189. The van der Waals surface area contributed by atoms with Crippen molar-refractivity contribution in [1.29, 1.82) is 0 Å². The van der Waals surface area contributed by atoms with Crippen molar-refractivity contribution in [2.24, 2.45) is 0 Å². The summed E-state index contributed by atoms with van der Waals surface area (Å²) in [6.45, 7) is 13.8. The van der Waals surface area contributed by atoms with Crippen LogP contribution in [0.4, 0.5) is 5.88 Å². The molecule has 32 heavy (non-hydrogen) atoms. The van der Waals surface area contributed by atoms with Crippen molar-refractivity contribution in [3.8, 4) is 0 Å². The molecule has 1 N–H and O–H groups in total. The average Bonchev–Trinajstić information content (AvgIpc) is 3.27. The van der Waals surface area contributed by atoms with E-state index in [-0.39, 0.29) is 16.9 Å². The molecule has 1 aliphatic heterocycles. The lowest BCUT2D eigenvalue weighted by Crippen LogP contribution is -2.46. The number of rotatable bonds is 5. The van der Waals surface area contributed by atoms with E-state index in [4.69, 9.17) is 4.52 Å². The zero-order chi connectivity index (χ0) is 22.5. The molecule has 170 valence electrons. The Hall–Kier alpha value is -2.37. The lowest BCUT2D eigenvalue weighted by atomic mass is 9.78. The Morgan fingerprint density at radius 3 is 2.47 bits per heavy atom. The van der Waals surface area contributed by atoms with Crippen LogP contribution in [0.5, 0.6) is 0 Å². The van der Waals surface area contributed by atoms with E-state index >= 15 is 0 Å². The van der Waals surface area contributed by atoms with E-state index < -0.39 is 0 Å². The molecule has 2 aromatic carbocycles. The Bertz CT molecular complexity index is 1110. The van der Waals surface area contributed by atoms with Crippen LogP contribution in [0.3, 0.4) is 0 Å². The third-order valence-electron chi connectivity index (χ3n) is 7.80. The molecule has 0 spiro atoms. The molecule has 0 amide bonds. The van der Waals surface area contributed by atoms with Crippen molar-refractivity contribution in [3.05, 3.63) is 59.2 Å². The van der Waals surface area contributed by atoms with Crippen LogP contribution in [0.25, 0.3) is 10.9 Å². The van der Waals surface area contributed by atoms with Gasteiger partial charge in [0, 0.05) is 37.0 Å². The van der Waals surface area contributed by atoms with Gasteiger partial charge in [0.05, 0.1) is 11.5 Å². The molecule has 0 bridgehead atoms. The van der Waals surface area contributed by atoms with Crippen molar-refractivity contribution >= 4 is 16.8 Å². The van der Waals surface area contributed by atoms with Crippen LogP contribution in [0.15, 0.2) is 47.0 Å². The Labute approximate surface area is 191 Å². The van der Waals surface area contributed by atoms with Gasteiger partial charge >= 0.3 is 0 Å². The molecule has 5 heteroatoms. The molecule has 5 nitrogen and oxygen atoms in total. The average molecular weight is 434 g/mol.